The van der Waals surface area contributed by atoms with Gasteiger partial charge in [-0.2, -0.15) is 0 Å². The Morgan fingerprint density at radius 3 is 2.09 bits per heavy atom. The predicted molar refractivity (Wildman–Crippen MR) is 135 cm³/mol. The standard InChI is InChI=1S/C27H23N3O4S/c1-2-25(31)29-20-12-8-18(9-13-20)24-17-16-23(27(28)32)26(30-24)19-10-14-22(15-11-19)35(33,34)21-6-4-3-5-7-21/h2-17,25,29,31H,1H2,(H2,28,32). The third-order valence-corrected chi connectivity index (χ3v) is 7.16. The number of nitrogens with zero attached hydrogens (tertiary/aromatic N) is 1. The van der Waals surface area contributed by atoms with E-state index < -0.39 is 22.0 Å². The highest BCUT2D eigenvalue weighted by atomic mass is 32.2. The highest BCUT2D eigenvalue weighted by Gasteiger charge is 2.19. The number of hydrogen-bond donors (Lipinski definition) is 3. The zero-order valence-electron chi connectivity index (χ0n) is 18.6. The summed E-state index contributed by atoms with van der Waals surface area (Å²) in [7, 11) is -3.67. The SMILES string of the molecule is C=CC(O)Nc1ccc(-c2ccc(C(N)=O)c(-c3ccc(S(=O)(=O)c4ccccc4)cc3)n2)cc1. The van der Waals surface area contributed by atoms with Gasteiger partial charge >= 0.3 is 0 Å². The maximum Gasteiger partial charge on any atom is 0.250 e. The number of nitrogens with two attached hydrogens (primary N) is 1. The minimum Gasteiger partial charge on any atom is -0.370 e. The summed E-state index contributed by atoms with van der Waals surface area (Å²) in [6, 6.07) is 24.9. The molecule has 1 heterocycles. The molecule has 0 bridgehead atoms. The molecule has 4 N–H and O–H groups in total. The van der Waals surface area contributed by atoms with E-state index >= 15 is 0 Å². The molecular formula is C27H23N3O4S. The van der Waals surface area contributed by atoms with E-state index in [9.17, 15) is 18.3 Å². The second kappa shape index (κ2) is 9.92. The number of aliphatic hydroxyl groups is 1. The van der Waals surface area contributed by atoms with Crippen LogP contribution in [0.2, 0.25) is 0 Å². The van der Waals surface area contributed by atoms with E-state index in [-0.39, 0.29) is 15.4 Å². The van der Waals surface area contributed by atoms with E-state index in [1.54, 1.807) is 66.7 Å². The van der Waals surface area contributed by atoms with Gasteiger partial charge in [-0.1, -0.05) is 49.0 Å². The number of benzene rings is 3. The summed E-state index contributed by atoms with van der Waals surface area (Å²) in [4.78, 5) is 17.1. The fraction of sp³-hybridized carbons (Fsp3) is 0.0370. The molecule has 0 aliphatic carbocycles. The zero-order valence-corrected chi connectivity index (χ0v) is 19.4. The van der Waals surface area contributed by atoms with Crippen LogP contribution in [0.1, 0.15) is 10.4 Å². The van der Waals surface area contributed by atoms with E-state index in [0.29, 0.717) is 22.6 Å². The first-order chi connectivity index (χ1) is 16.8. The van der Waals surface area contributed by atoms with Crippen molar-refractivity contribution in [3.05, 3.63) is 109 Å². The third kappa shape index (κ3) is 5.13. The van der Waals surface area contributed by atoms with Gasteiger partial charge in [0.25, 0.3) is 5.91 Å². The van der Waals surface area contributed by atoms with Crippen LogP contribution in [-0.2, 0) is 9.84 Å². The molecule has 0 saturated heterocycles. The number of aromatic nitrogens is 1. The Morgan fingerprint density at radius 1 is 0.886 bits per heavy atom. The van der Waals surface area contributed by atoms with Gasteiger partial charge in [0, 0.05) is 16.8 Å². The first-order valence-electron chi connectivity index (χ1n) is 10.7. The Hall–Kier alpha value is -4.27. The minimum absolute atomic E-state index is 0.133. The van der Waals surface area contributed by atoms with Crippen LogP contribution >= 0.6 is 0 Å². The Labute approximate surface area is 203 Å². The summed E-state index contributed by atoms with van der Waals surface area (Å²) >= 11 is 0. The van der Waals surface area contributed by atoms with Gasteiger partial charge in [-0.3, -0.25) is 4.79 Å². The topological polar surface area (TPSA) is 122 Å². The summed E-state index contributed by atoms with van der Waals surface area (Å²) in [6.07, 6.45) is 0.509. The lowest BCUT2D eigenvalue weighted by molar-refractivity contribution is 0.100. The van der Waals surface area contributed by atoms with Crippen LogP contribution in [0, 0.1) is 0 Å². The van der Waals surface area contributed by atoms with Crippen molar-refractivity contribution in [2.24, 2.45) is 5.73 Å². The molecule has 1 aromatic heterocycles. The molecule has 4 rings (SSSR count). The van der Waals surface area contributed by atoms with Crippen molar-refractivity contribution in [1.82, 2.24) is 4.98 Å². The number of rotatable bonds is 8. The molecule has 0 aliphatic heterocycles. The first-order valence-corrected chi connectivity index (χ1v) is 12.2. The average Bonchev–Trinajstić information content (AvgIpc) is 2.89. The fourth-order valence-corrected chi connectivity index (χ4v) is 4.82. The number of amides is 1. The van der Waals surface area contributed by atoms with E-state index in [1.807, 2.05) is 12.1 Å². The number of hydrogen-bond acceptors (Lipinski definition) is 6. The number of carbonyl (C=O) groups excluding carboxylic acids is 1. The molecule has 1 atom stereocenters. The number of primary amides is 1. The van der Waals surface area contributed by atoms with Crippen LogP contribution in [0.25, 0.3) is 22.5 Å². The maximum atomic E-state index is 12.9. The quantitative estimate of drug-likeness (QED) is 0.253. The lowest BCUT2D eigenvalue weighted by atomic mass is 10.0. The molecule has 35 heavy (non-hydrogen) atoms. The molecular weight excluding hydrogens is 462 g/mol. The predicted octanol–water partition coefficient (Wildman–Crippen LogP) is 4.26. The van der Waals surface area contributed by atoms with E-state index in [4.69, 9.17) is 5.73 Å². The largest absolute Gasteiger partial charge is 0.370 e. The molecule has 3 aromatic carbocycles. The van der Waals surface area contributed by atoms with Crippen LogP contribution in [-0.4, -0.2) is 30.6 Å². The number of nitrogens with one attached hydrogen (secondary N) is 1. The Morgan fingerprint density at radius 2 is 1.49 bits per heavy atom. The second-order valence-electron chi connectivity index (χ2n) is 7.70. The molecule has 4 aromatic rings. The van der Waals surface area contributed by atoms with Crippen LogP contribution in [0.4, 0.5) is 5.69 Å². The molecule has 0 spiro atoms. The van der Waals surface area contributed by atoms with Crippen molar-refractivity contribution >= 4 is 21.4 Å². The van der Waals surface area contributed by atoms with Crippen LogP contribution in [0.15, 0.2) is 113 Å². The van der Waals surface area contributed by atoms with E-state index in [0.717, 1.165) is 5.56 Å². The summed E-state index contributed by atoms with van der Waals surface area (Å²) < 4.78 is 25.8. The highest BCUT2D eigenvalue weighted by molar-refractivity contribution is 7.91. The van der Waals surface area contributed by atoms with Gasteiger partial charge in [-0.05, 0) is 54.6 Å². The second-order valence-corrected chi connectivity index (χ2v) is 9.65. The molecule has 7 nitrogen and oxygen atoms in total. The van der Waals surface area contributed by atoms with Crippen molar-refractivity contribution in [3.63, 3.8) is 0 Å². The highest BCUT2D eigenvalue weighted by Crippen LogP contribution is 2.29. The molecule has 8 heteroatoms. The molecule has 1 amide bonds. The van der Waals surface area contributed by atoms with Crippen molar-refractivity contribution < 1.29 is 18.3 Å². The van der Waals surface area contributed by atoms with Crippen molar-refractivity contribution in [3.8, 4) is 22.5 Å². The number of pyridine rings is 1. The zero-order chi connectivity index (χ0) is 25.0. The Bertz CT molecular complexity index is 1470. The van der Waals surface area contributed by atoms with Gasteiger partial charge in [-0.15, -0.1) is 0 Å². The maximum absolute atomic E-state index is 12.9. The van der Waals surface area contributed by atoms with E-state index in [2.05, 4.69) is 16.9 Å². The summed E-state index contributed by atoms with van der Waals surface area (Å²) in [5.41, 5.74) is 8.79. The van der Waals surface area contributed by atoms with Crippen molar-refractivity contribution in [2.45, 2.75) is 16.0 Å². The van der Waals surface area contributed by atoms with Crippen LogP contribution < -0.4 is 11.1 Å². The van der Waals surface area contributed by atoms with Crippen molar-refractivity contribution in [2.75, 3.05) is 5.32 Å². The monoisotopic (exact) mass is 485 g/mol. The number of sulfone groups is 1. The first kappa shape index (κ1) is 23.9. The normalized spacial score (nSPS) is 12.0. The smallest absolute Gasteiger partial charge is 0.250 e. The van der Waals surface area contributed by atoms with Crippen LogP contribution in [0.5, 0.6) is 0 Å². The third-order valence-electron chi connectivity index (χ3n) is 5.37. The van der Waals surface area contributed by atoms with Gasteiger partial charge in [-0.25, -0.2) is 13.4 Å². The lowest BCUT2D eigenvalue weighted by Gasteiger charge is -2.12. The number of carbonyl (C=O) groups is 1. The van der Waals surface area contributed by atoms with Crippen LogP contribution in [0.3, 0.4) is 0 Å². The fourth-order valence-electron chi connectivity index (χ4n) is 3.53. The van der Waals surface area contributed by atoms with E-state index in [1.165, 1.54) is 18.2 Å². The van der Waals surface area contributed by atoms with Gasteiger partial charge < -0.3 is 16.2 Å². The number of anilines is 1. The minimum atomic E-state index is -3.67. The van der Waals surface area contributed by atoms with Crippen molar-refractivity contribution in [1.29, 1.82) is 0 Å². The average molecular weight is 486 g/mol. The summed E-state index contributed by atoms with van der Waals surface area (Å²) in [5.74, 6) is -0.641. The summed E-state index contributed by atoms with van der Waals surface area (Å²) in [5, 5.41) is 12.5. The molecule has 0 fully saturated rings. The van der Waals surface area contributed by atoms with Gasteiger partial charge in [0.15, 0.2) is 0 Å². The molecule has 176 valence electrons. The van der Waals surface area contributed by atoms with Gasteiger partial charge in [0.05, 0.1) is 26.7 Å². The van der Waals surface area contributed by atoms with Gasteiger partial charge in [0.2, 0.25) is 9.84 Å². The Balaban J connectivity index is 1.69. The lowest BCUT2D eigenvalue weighted by Crippen LogP contribution is -2.14. The summed E-state index contributed by atoms with van der Waals surface area (Å²) in [6.45, 7) is 3.52. The number of aliphatic hydroxyl groups excluding tert-OH is 1. The molecule has 1 unspecified atom stereocenters. The Kier molecular flexibility index (Phi) is 6.77. The molecule has 0 radical (unpaired) electrons. The van der Waals surface area contributed by atoms with Gasteiger partial charge in [0.1, 0.15) is 6.23 Å². The molecule has 0 saturated carbocycles. The molecule has 0 aliphatic rings.